The summed E-state index contributed by atoms with van der Waals surface area (Å²) in [6.07, 6.45) is 1.00. The molecule has 1 atom stereocenters. The number of carbonyl (C=O) groups is 1. The lowest BCUT2D eigenvalue weighted by Crippen LogP contribution is -2.26. The standard InChI is InChI=1S/C14H23N3O/c1-6-17-10(3)11(9(2)16-17)8-15-13(18)12-7-14(12,4)5/h12H,6-8H2,1-5H3,(H,15,18)/t12-/m1/s1. The summed E-state index contributed by atoms with van der Waals surface area (Å²) in [7, 11) is 0. The molecule has 4 heteroatoms. The van der Waals surface area contributed by atoms with Gasteiger partial charge in [0.2, 0.25) is 5.91 Å². The van der Waals surface area contributed by atoms with Crippen molar-refractivity contribution in [3.05, 3.63) is 17.0 Å². The zero-order valence-electron chi connectivity index (χ0n) is 12.0. The number of hydrogen-bond acceptors (Lipinski definition) is 2. The number of nitrogens with one attached hydrogen (secondary N) is 1. The van der Waals surface area contributed by atoms with E-state index in [9.17, 15) is 4.79 Å². The smallest absolute Gasteiger partial charge is 0.223 e. The number of amides is 1. The lowest BCUT2D eigenvalue weighted by atomic mass is 10.1. The third kappa shape index (κ3) is 2.28. The van der Waals surface area contributed by atoms with Crippen molar-refractivity contribution < 1.29 is 4.79 Å². The van der Waals surface area contributed by atoms with Crippen LogP contribution in [0.25, 0.3) is 0 Å². The van der Waals surface area contributed by atoms with Crippen LogP contribution in [0.15, 0.2) is 0 Å². The zero-order chi connectivity index (χ0) is 13.5. The molecular weight excluding hydrogens is 226 g/mol. The van der Waals surface area contributed by atoms with Gasteiger partial charge in [-0.3, -0.25) is 9.48 Å². The van der Waals surface area contributed by atoms with Gasteiger partial charge in [0.25, 0.3) is 0 Å². The number of rotatable bonds is 4. The summed E-state index contributed by atoms with van der Waals surface area (Å²) < 4.78 is 1.98. The predicted octanol–water partition coefficient (Wildman–Crippen LogP) is 2.18. The van der Waals surface area contributed by atoms with E-state index in [2.05, 4.69) is 38.1 Å². The van der Waals surface area contributed by atoms with E-state index >= 15 is 0 Å². The summed E-state index contributed by atoms with van der Waals surface area (Å²) in [4.78, 5) is 12.0. The molecule has 0 spiro atoms. The van der Waals surface area contributed by atoms with Gasteiger partial charge in [-0.2, -0.15) is 5.10 Å². The van der Waals surface area contributed by atoms with Gasteiger partial charge in [0.1, 0.15) is 0 Å². The molecule has 0 radical (unpaired) electrons. The van der Waals surface area contributed by atoms with E-state index in [1.165, 1.54) is 0 Å². The third-order valence-electron chi connectivity index (χ3n) is 4.10. The van der Waals surface area contributed by atoms with Gasteiger partial charge < -0.3 is 5.32 Å². The molecule has 1 aliphatic carbocycles. The van der Waals surface area contributed by atoms with Gasteiger partial charge >= 0.3 is 0 Å². The molecule has 1 saturated carbocycles. The Balaban J connectivity index is 1.99. The van der Waals surface area contributed by atoms with Gasteiger partial charge in [-0.05, 0) is 32.6 Å². The Labute approximate surface area is 109 Å². The van der Waals surface area contributed by atoms with E-state index in [0.29, 0.717) is 6.54 Å². The maximum Gasteiger partial charge on any atom is 0.223 e. The lowest BCUT2D eigenvalue weighted by molar-refractivity contribution is -0.123. The number of nitrogens with zero attached hydrogens (tertiary/aromatic N) is 2. The highest BCUT2D eigenvalue weighted by Gasteiger charge is 2.50. The summed E-state index contributed by atoms with van der Waals surface area (Å²) in [6.45, 7) is 11.9. The largest absolute Gasteiger partial charge is 0.352 e. The first-order chi connectivity index (χ1) is 8.36. The summed E-state index contributed by atoms with van der Waals surface area (Å²) in [5.74, 6) is 0.377. The summed E-state index contributed by atoms with van der Waals surface area (Å²) >= 11 is 0. The van der Waals surface area contributed by atoms with Gasteiger partial charge in [-0.15, -0.1) is 0 Å². The number of aromatic nitrogens is 2. The molecule has 1 aromatic heterocycles. The summed E-state index contributed by atoms with van der Waals surface area (Å²) in [5, 5.41) is 7.50. The first-order valence-electron chi connectivity index (χ1n) is 6.67. The number of hydrogen-bond donors (Lipinski definition) is 1. The van der Waals surface area contributed by atoms with E-state index in [-0.39, 0.29) is 17.2 Å². The molecule has 0 saturated heterocycles. The minimum absolute atomic E-state index is 0.183. The average molecular weight is 249 g/mol. The summed E-state index contributed by atoms with van der Waals surface area (Å²) in [6, 6.07) is 0. The second-order valence-electron chi connectivity index (χ2n) is 5.93. The van der Waals surface area contributed by atoms with Crippen LogP contribution >= 0.6 is 0 Å². The van der Waals surface area contributed by atoms with Crippen LogP contribution in [-0.4, -0.2) is 15.7 Å². The second kappa shape index (κ2) is 4.41. The fraction of sp³-hybridized carbons (Fsp3) is 0.714. The van der Waals surface area contributed by atoms with Crippen molar-refractivity contribution in [1.82, 2.24) is 15.1 Å². The molecule has 1 N–H and O–H groups in total. The van der Waals surface area contributed by atoms with Crippen molar-refractivity contribution in [2.75, 3.05) is 0 Å². The zero-order valence-corrected chi connectivity index (χ0v) is 12.0. The highest BCUT2D eigenvalue weighted by atomic mass is 16.2. The summed E-state index contributed by atoms with van der Waals surface area (Å²) in [5.41, 5.74) is 3.53. The van der Waals surface area contributed by atoms with Crippen molar-refractivity contribution >= 4 is 5.91 Å². The van der Waals surface area contributed by atoms with Gasteiger partial charge in [-0.1, -0.05) is 13.8 Å². The van der Waals surface area contributed by atoms with Gasteiger partial charge in [0.15, 0.2) is 0 Å². The molecule has 4 nitrogen and oxygen atoms in total. The fourth-order valence-corrected chi connectivity index (χ4v) is 2.51. The van der Waals surface area contributed by atoms with Gasteiger partial charge in [0, 0.05) is 30.3 Å². The van der Waals surface area contributed by atoms with Crippen molar-refractivity contribution in [3.8, 4) is 0 Å². The minimum atomic E-state index is 0.183. The SMILES string of the molecule is CCn1nc(C)c(CNC(=O)[C@H]2CC2(C)C)c1C. The monoisotopic (exact) mass is 249 g/mol. The highest BCUT2D eigenvalue weighted by Crippen LogP contribution is 2.51. The van der Waals surface area contributed by atoms with Crippen molar-refractivity contribution in [2.45, 2.75) is 54.1 Å². The molecule has 0 unspecified atom stereocenters. The third-order valence-corrected chi connectivity index (χ3v) is 4.10. The molecule has 0 bridgehead atoms. The van der Waals surface area contributed by atoms with Crippen LogP contribution < -0.4 is 5.32 Å². The van der Waals surface area contributed by atoms with Crippen LogP contribution in [0, 0.1) is 25.2 Å². The Morgan fingerprint density at radius 3 is 2.56 bits per heavy atom. The fourth-order valence-electron chi connectivity index (χ4n) is 2.51. The Morgan fingerprint density at radius 2 is 2.11 bits per heavy atom. The van der Waals surface area contributed by atoms with Crippen LogP contribution in [0.2, 0.25) is 0 Å². The van der Waals surface area contributed by atoms with E-state index in [4.69, 9.17) is 0 Å². The van der Waals surface area contributed by atoms with Crippen molar-refractivity contribution in [3.63, 3.8) is 0 Å². The Kier molecular flexibility index (Phi) is 3.21. The van der Waals surface area contributed by atoms with E-state index in [1.807, 2.05) is 11.6 Å². The van der Waals surface area contributed by atoms with Crippen LogP contribution in [0.5, 0.6) is 0 Å². The maximum absolute atomic E-state index is 12.0. The van der Waals surface area contributed by atoms with Crippen LogP contribution in [0.4, 0.5) is 0 Å². The second-order valence-corrected chi connectivity index (χ2v) is 5.93. The first kappa shape index (κ1) is 13.1. The molecular formula is C14H23N3O. The van der Waals surface area contributed by atoms with Crippen LogP contribution in [-0.2, 0) is 17.9 Å². The minimum Gasteiger partial charge on any atom is -0.352 e. The normalized spacial score (nSPS) is 20.8. The highest BCUT2D eigenvalue weighted by molar-refractivity contribution is 5.82. The molecule has 0 aliphatic heterocycles. The molecule has 18 heavy (non-hydrogen) atoms. The average Bonchev–Trinajstić information content (AvgIpc) is 2.85. The van der Waals surface area contributed by atoms with E-state index in [1.54, 1.807) is 0 Å². The topological polar surface area (TPSA) is 46.9 Å². The molecule has 2 rings (SSSR count). The Morgan fingerprint density at radius 1 is 1.50 bits per heavy atom. The van der Waals surface area contributed by atoms with Crippen molar-refractivity contribution in [2.24, 2.45) is 11.3 Å². The molecule has 1 heterocycles. The van der Waals surface area contributed by atoms with E-state index < -0.39 is 0 Å². The predicted molar refractivity (Wildman–Crippen MR) is 71.1 cm³/mol. The Hall–Kier alpha value is -1.32. The van der Waals surface area contributed by atoms with Crippen LogP contribution in [0.3, 0.4) is 0 Å². The molecule has 1 amide bonds. The van der Waals surface area contributed by atoms with Crippen LogP contribution in [0.1, 0.15) is 44.1 Å². The number of carbonyl (C=O) groups excluding carboxylic acids is 1. The van der Waals surface area contributed by atoms with Gasteiger partial charge in [-0.25, -0.2) is 0 Å². The molecule has 1 fully saturated rings. The first-order valence-corrected chi connectivity index (χ1v) is 6.67. The molecule has 100 valence electrons. The maximum atomic E-state index is 12.0. The number of aryl methyl sites for hydroxylation is 2. The van der Waals surface area contributed by atoms with Gasteiger partial charge in [0.05, 0.1) is 5.69 Å². The van der Waals surface area contributed by atoms with E-state index in [0.717, 1.165) is 29.9 Å². The lowest BCUT2D eigenvalue weighted by Gasteiger charge is -2.07. The molecule has 1 aromatic rings. The Bertz CT molecular complexity index is 474. The molecule has 1 aliphatic rings. The van der Waals surface area contributed by atoms with Crippen molar-refractivity contribution in [1.29, 1.82) is 0 Å². The molecule has 0 aromatic carbocycles. The quantitative estimate of drug-likeness (QED) is 0.889.